The standard InChI is InChI=1S/C17H27NO/c1-7-17(4,5)18(6)12-16(19)15-10-8-14(9-11-15)13(2)3/h8-11,13H,7,12H2,1-6H3. The van der Waals surface area contributed by atoms with Crippen LogP contribution in [0.3, 0.4) is 0 Å². The molecule has 0 aliphatic carbocycles. The molecule has 2 heteroatoms. The Hall–Kier alpha value is -1.15. The van der Waals surface area contributed by atoms with E-state index in [2.05, 4.69) is 51.7 Å². The molecule has 0 bridgehead atoms. The van der Waals surface area contributed by atoms with E-state index in [-0.39, 0.29) is 11.3 Å². The van der Waals surface area contributed by atoms with Gasteiger partial charge in [-0.25, -0.2) is 0 Å². The Labute approximate surface area is 117 Å². The topological polar surface area (TPSA) is 20.3 Å². The lowest BCUT2D eigenvalue weighted by Gasteiger charge is -2.34. The van der Waals surface area contributed by atoms with E-state index in [9.17, 15) is 4.79 Å². The summed E-state index contributed by atoms with van der Waals surface area (Å²) < 4.78 is 0. The van der Waals surface area contributed by atoms with E-state index < -0.39 is 0 Å². The van der Waals surface area contributed by atoms with Crippen LogP contribution in [-0.4, -0.2) is 29.8 Å². The third-order valence-corrected chi connectivity index (χ3v) is 4.18. The summed E-state index contributed by atoms with van der Waals surface area (Å²) >= 11 is 0. The fourth-order valence-electron chi connectivity index (χ4n) is 1.84. The quantitative estimate of drug-likeness (QED) is 0.718. The van der Waals surface area contributed by atoms with Crippen molar-refractivity contribution >= 4 is 5.78 Å². The van der Waals surface area contributed by atoms with Crippen molar-refractivity contribution in [3.05, 3.63) is 35.4 Å². The number of carbonyl (C=O) groups is 1. The zero-order valence-electron chi connectivity index (χ0n) is 13.2. The summed E-state index contributed by atoms with van der Waals surface area (Å²) in [6, 6.07) is 8.01. The molecular formula is C17H27NO. The lowest BCUT2D eigenvalue weighted by molar-refractivity contribution is 0.0847. The minimum atomic E-state index is 0.0630. The molecule has 0 atom stereocenters. The van der Waals surface area contributed by atoms with Gasteiger partial charge in [0.15, 0.2) is 5.78 Å². The molecule has 1 aromatic carbocycles. The Morgan fingerprint density at radius 1 is 1.21 bits per heavy atom. The first-order chi connectivity index (χ1) is 8.77. The smallest absolute Gasteiger partial charge is 0.176 e. The van der Waals surface area contributed by atoms with Crippen molar-refractivity contribution in [1.82, 2.24) is 4.90 Å². The van der Waals surface area contributed by atoms with Gasteiger partial charge in [0.1, 0.15) is 0 Å². The maximum absolute atomic E-state index is 12.3. The van der Waals surface area contributed by atoms with Gasteiger partial charge in [0.25, 0.3) is 0 Å². The Kier molecular flexibility index (Phi) is 5.30. The maximum Gasteiger partial charge on any atom is 0.176 e. The number of rotatable bonds is 6. The van der Waals surface area contributed by atoms with E-state index in [4.69, 9.17) is 0 Å². The summed E-state index contributed by atoms with van der Waals surface area (Å²) in [7, 11) is 2.02. The Morgan fingerprint density at radius 2 is 1.74 bits per heavy atom. The van der Waals surface area contributed by atoms with Crippen molar-refractivity contribution < 1.29 is 4.79 Å². The molecule has 0 fully saturated rings. The van der Waals surface area contributed by atoms with Crippen LogP contribution in [0, 0.1) is 0 Å². The zero-order valence-corrected chi connectivity index (χ0v) is 13.2. The summed E-state index contributed by atoms with van der Waals surface area (Å²) in [5, 5.41) is 0. The van der Waals surface area contributed by atoms with E-state index in [0.717, 1.165) is 12.0 Å². The summed E-state index contributed by atoms with van der Waals surface area (Å²) in [4.78, 5) is 14.4. The molecule has 0 heterocycles. The van der Waals surface area contributed by atoms with Gasteiger partial charge in [0, 0.05) is 11.1 Å². The van der Waals surface area contributed by atoms with E-state index in [1.165, 1.54) is 5.56 Å². The van der Waals surface area contributed by atoms with Crippen LogP contribution in [0.15, 0.2) is 24.3 Å². The molecule has 0 amide bonds. The lowest BCUT2D eigenvalue weighted by atomic mass is 9.98. The number of likely N-dealkylation sites (N-methyl/N-ethyl adjacent to an activating group) is 1. The number of carbonyl (C=O) groups excluding carboxylic acids is 1. The molecule has 0 saturated carbocycles. The Morgan fingerprint density at radius 3 is 2.16 bits per heavy atom. The van der Waals surface area contributed by atoms with Gasteiger partial charge in [-0.05, 0) is 38.8 Å². The molecule has 0 unspecified atom stereocenters. The molecule has 0 N–H and O–H groups in total. The molecule has 0 spiro atoms. The third-order valence-electron chi connectivity index (χ3n) is 4.18. The summed E-state index contributed by atoms with van der Waals surface area (Å²) in [6.45, 7) is 11.3. The van der Waals surface area contributed by atoms with Crippen molar-refractivity contribution in [1.29, 1.82) is 0 Å². The van der Waals surface area contributed by atoms with Gasteiger partial charge in [-0.1, -0.05) is 45.0 Å². The number of benzene rings is 1. The highest BCUT2D eigenvalue weighted by Crippen LogP contribution is 2.18. The highest BCUT2D eigenvalue weighted by molar-refractivity contribution is 5.97. The van der Waals surface area contributed by atoms with Crippen LogP contribution in [0.4, 0.5) is 0 Å². The number of Topliss-reactive ketones (excluding diaryl/α,β-unsaturated/α-hetero) is 1. The normalized spacial score (nSPS) is 12.2. The zero-order chi connectivity index (χ0) is 14.6. The largest absolute Gasteiger partial charge is 0.294 e. The minimum absolute atomic E-state index is 0.0630. The minimum Gasteiger partial charge on any atom is -0.294 e. The molecule has 0 radical (unpaired) electrons. The SMILES string of the molecule is CCC(C)(C)N(C)CC(=O)c1ccc(C(C)C)cc1. The molecule has 0 aliphatic heterocycles. The van der Waals surface area contributed by atoms with Crippen LogP contribution >= 0.6 is 0 Å². The first-order valence-corrected chi connectivity index (χ1v) is 7.12. The van der Waals surface area contributed by atoms with Crippen molar-refractivity contribution in [2.75, 3.05) is 13.6 Å². The summed E-state index contributed by atoms with van der Waals surface area (Å²) in [5.74, 6) is 0.699. The average molecular weight is 261 g/mol. The van der Waals surface area contributed by atoms with Crippen LogP contribution in [-0.2, 0) is 0 Å². The second kappa shape index (κ2) is 6.33. The Bertz CT molecular complexity index is 417. The predicted molar refractivity (Wildman–Crippen MR) is 81.9 cm³/mol. The number of hydrogen-bond acceptors (Lipinski definition) is 2. The van der Waals surface area contributed by atoms with Gasteiger partial charge in [0.2, 0.25) is 0 Å². The van der Waals surface area contributed by atoms with Crippen LogP contribution in [0.5, 0.6) is 0 Å². The van der Waals surface area contributed by atoms with Crippen molar-refractivity contribution in [3.63, 3.8) is 0 Å². The van der Waals surface area contributed by atoms with Gasteiger partial charge >= 0.3 is 0 Å². The van der Waals surface area contributed by atoms with Crippen LogP contribution in [0.25, 0.3) is 0 Å². The molecule has 2 nitrogen and oxygen atoms in total. The number of ketones is 1. The van der Waals surface area contributed by atoms with Gasteiger partial charge in [0.05, 0.1) is 6.54 Å². The highest BCUT2D eigenvalue weighted by Gasteiger charge is 2.23. The monoisotopic (exact) mass is 261 g/mol. The van der Waals surface area contributed by atoms with Crippen molar-refractivity contribution in [2.24, 2.45) is 0 Å². The molecule has 0 aliphatic rings. The first-order valence-electron chi connectivity index (χ1n) is 7.12. The average Bonchev–Trinajstić information content (AvgIpc) is 2.38. The van der Waals surface area contributed by atoms with E-state index in [0.29, 0.717) is 12.5 Å². The molecule has 0 saturated heterocycles. The van der Waals surface area contributed by atoms with Gasteiger partial charge < -0.3 is 0 Å². The van der Waals surface area contributed by atoms with E-state index in [1.54, 1.807) is 0 Å². The highest BCUT2D eigenvalue weighted by atomic mass is 16.1. The summed E-state index contributed by atoms with van der Waals surface area (Å²) in [5.41, 5.74) is 2.15. The molecule has 0 aromatic heterocycles. The Balaban J connectivity index is 2.73. The first kappa shape index (κ1) is 15.9. The van der Waals surface area contributed by atoms with Gasteiger partial charge in [-0.15, -0.1) is 0 Å². The maximum atomic E-state index is 12.3. The fourth-order valence-corrected chi connectivity index (χ4v) is 1.84. The van der Waals surface area contributed by atoms with Crippen LogP contribution < -0.4 is 0 Å². The second-order valence-electron chi connectivity index (χ2n) is 6.22. The van der Waals surface area contributed by atoms with Gasteiger partial charge in [-0.2, -0.15) is 0 Å². The van der Waals surface area contributed by atoms with E-state index >= 15 is 0 Å². The van der Waals surface area contributed by atoms with Crippen molar-refractivity contribution in [2.45, 2.75) is 52.5 Å². The number of nitrogens with zero attached hydrogens (tertiary/aromatic N) is 1. The van der Waals surface area contributed by atoms with Crippen LogP contribution in [0.2, 0.25) is 0 Å². The second-order valence-corrected chi connectivity index (χ2v) is 6.22. The third kappa shape index (κ3) is 4.17. The molecular weight excluding hydrogens is 234 g/mol. The molecule has 19 heavy (non-hydrogen) atoms. The number of hydrogen-bond donors (Lipinski definition) is 0. The molecule has 106 valence electrons. The fraction of sp³-hybridized carbons (Fsp3) is 0.588. The van der Waals surface area contributed by atoms with Crippen molar-refractivity contribution in [3.8, 4) is 0 Å². The predicted octanol–water partition coefficient (Wildman–Crippen LogP) is 4.11. The summed E-state index contributed by atoms with van der Waals surface area (Å²) in [6.07, 6.45) is 1.03. The molecule has 1 aromatic rings. The molecule has 1 rings (SSSR count). The lowest BCUT2D eigenvalue weighted by Crippen LogP contribution is -2.43. The van der Waals surface area contributed by atoms with Gasteiger partial charge in [-0.3, -0.25) is 9.69 Å². The van der Waals surface area contributed by atoms with Crippen LogP contribution in [0.1, 0.15) is 62.9 Å². The van der Waals surface area contributed by atoms with E-state index in [1.807, 2.05) is 19.2 Å².